The summed E-state index contributed by atoms with van der Waals surface area (Å²) in [6.45, 7) is 4.86. The highest BCUT2D eigenvalue weighted by Crippen LogP contribution is 2.21. The van der Waals surface area contributed by atoms with E-state index in [-0.39, 0.29) is 10.8 Å². The Labute approximate surface area is 132 Å². The second kappa shape index (κ2) is 6.69. The number of primary sulfonamides is 1. The van der Waals surface area contributed by atoms with E-state index in [4.69, 9.17) is 9.88 Å². The van der Waals surface area contributed by atoms with Gasteiger partial charge < -0.3 is 9.30 Å². The summed E-state index contributed by atoms with van der Waals surface area (Å²) in [6.07, 6.45) is 0. The summed E-state index contributed by atoms with van der Waals surface area (Å²) in [4.78, 5) is 15.8. The SMILES string of the molecule is CCOCCn1c(=NC(C)=O)sc2cc(S(N)(=O)=O)ccc21. The number of amides is 1. The van der Waals surface area contributed by atoms with Gasteiger partial charge in [-0.25, -0.2) is 13.6 Å². The number of aromatic nitrogens is 1. The van der Waals surface area contributed by atoms with Gasteiger partial charge in [-0.1, -0.05) is 11.3 Å². The monoisotopic (exact) mass is 343 g/mol. The molecule has 0 spiro atoms. The lowest BCUT2D eigenvalue weighted by molar-refractivity contribution is -0.116. The number of carbonyl (C=O) groups is 1. The summed E-state index contributed by atoms with van der Waals surface area (Å²) in [5.41, 5.74) is 0.789. The average molecular weight is 343 g/mol. The fraction of sp³-hybridized carbons (Fsp3) is 0.385. The van der Waals surface area contributed by atoms with Gasteiger partial charge in [0.05, 0.1) is 21.7 Å². The van der Waals surface area contributed by atoms with Crippen molar-refractivity contribution >= 4 is 37.5 Å². The molecule has 0 aliphatic heterocycles. The number of nitrogens with zero attached hydrogens (tertiary/aromatic N) is 2. The van der Waals surface area contributed by atoms with E-state index in [2.05, 4.69) is 4.99 Å². The fourth-order valence-electron chi connectivity index (χ4n) is 1.97. The number of nitrogens with two attached hydrogens (primary N) is 1. The zero-order valence-corrected chi connectivity index (χ0v) is 13.9. The van der Waals surface area contributed by atoms with E-state index in [1.165, 1.54) is 30.4 Å². The van der Waals surface area contributed by atoms with Crippen LogP contribution in [0.25, 0.3) is 10.2 Å². The normalized spacial score (nSPS) is 13.0. The van der Waals surface area contributed by atoms with E-state index in [0.717, 1.165) is 5.52 Å². The molecule has 120 valence electrons. The van der Waals surface area contributed by atoms with Gasteiger partial charge in [-0.3, -0.25) is 4.79 Å². The summed E-state index contributed by atoms with van der Waals surface area (Å²) in [5, 5.41) is 5.14. The second-order valence-electron chi connectivity index (χ2n) is 4.54. The van der Waals surface area contributed by atoms with Gasteiger partial charge in [-0.05, 0) is 25.1 Å². The summed E-state index contributed by atoms with van der Waals surface area (Å²) >= 11 is 1.24. The largest absolute Gasteiger partial charge is 0.380 e. The third-order valence-electron chi connectivity index (χ3n) is 2.90. The summed E-state index contributed by atoms with van der Waals surface area (Å²) in [5.74, 6) is -0.316. The van der Waals surface area contributed by atoms with Crippen molar-refractivity contribution in [2.24, 2.45) is 10.1 Å². The Hall–Kier alpha value is -1.55. The van der Waals surface area contributed by atoms with Gasteiger partial charge in [0.1, 0.15) is 0 Å². The molecule has 1 aromatic carbocycles. The van der Waals surface area contributed by atoms with Crippen LogP contribution in [0.4, 0.5) is 0 Å². The summed E-state index contributed by atoms with van der Waals surface area (Å²) in [6, 6.07) is 4.60. The molecule has 0 saturated carbocycles. The number of thiazole rings is 1. The Kier molecular flexibility index (Phi) is 5.12. The minimum atomic E-state index is -3.77. The van der Waals surface area contributed by atoms with Crippen LogP contribution in [-0.2, 0) is 26.1 Å². The molecular weight excluding hydrogens is 326 g/mol. The number of fused-ring (bicyclic) bond motifs is 1. The molecule has 9 heteroatoms. The van der Waals surface area contributed by atoms with E-state index < -0.39 is 10.0 Å². The number of ether oxygens (including phenoxy) is 1. The number of sulfonamides is 1. The molecule has 0 aliphatic rings. The maximum Gasteiger partial charge on any atom is 0.245 e. The molecule has 2 N–H and O–H groups in total. The zero-order valence-electron chi connectivity index (χ0n) is 12.3. The molecule has 0 atom stereocenters. The summed E-state index contributed by atoms with van der Waals surface area (Å²) < 4.78 is 30.7. The van der Waals surface area contributed by atoms with Crippen LogP contribution in [0.2, 0.25) is 0 Å². The average Bonchev–Trinajstić information content (AvgIpc) is 2.74. The molecule has 0 bridgehead atoms. The summed E-state index contributed by atoms with van der Waals surface area (Å²) in [7, 11) is -3.77. The zero-order chi connectivity index (χ0) is 16.3. The van der Waals surface area contributed by atoms with Crippen molar-refractivity contribution < 1.29 is 17.9 Å². The van der Waals surface area contributed by atoms with Crippen molar-refractivity contribution in [1.29, 1.82) is 0 Å². The smallest absolute Gasteiger partial charge is 0.245 e. The molecule has 1 aromatic heterocycles. The van der Waals surface area contributed by atoms with Crippen molar-refractivity contribution in [3.05, 3.63) is 23.0 Å². The van der Waals surface area contributed by atoms with Gasteiger partial charge in [-0.2, -0.15) is 4.99 Å². The lowest BCUT2D eigenvalue weighted by Crippen LogP contribution is -2.19. The van der Waals surface area contributed by atoms with Crippen LogP contribution in [0.1, 0.15) is 13.8 Å². The van der Waals surface area contributed by atoms with Crippen LogP contribution >= 0.6 is 11.3 Å². The molecular formula is C13H17N3O4S2. The topological polar surface area (TPSA) is 104 Å². The van der Waals surface area contributed by atoms with Gasteiger partial charge in [0.2, 0.25) is 15.9 Å². The van der Waals surface area contributed by atoms with Crippen molar-refractivity contribution in [2.45, 2.75) is 25.3 Å². The molecule has 0 aliphatic carbocycles. The van der Waals surface area contributed by atoms with E-state index in [1.807, 2.05) is 11.5 Å². The first-order valence-corrected chi connectivity index (χ1v) is 8.98. The first-order chi connectivity index (χ1) is 10.3. The minimum Gasteiger partial charge on any atom is -0.380 e. The van der Waals surface area contributed by atoms with Gasteiger partial charge in [0, 0.05) is 20.1 Å². The Morgan fingerprint density at radius 2 is 2.18 bits per heavy atom. The first kappa shape index (κ1) is 16.8. The molecule has 0 unspecified atom stereocenters. The number of hydrogen-bond acceptors (Lipinski definition) is 5. The van der Waals surface area contributed by atoms with Crippen LogP contribution < -0.4 is 9.94 Å². The fourth-order valence-corrected chi connectivity index (χ4v) is 3.72. The Bertz CT molecular complexity index is 865. The quantitative estimate of drug-likeness (QED) is 0.812. The Balaban J connectivity index is 2.61. The highest BCUT2D eigenvalue weighted by Gasteiger charge is 2.12. The molecule has 2 rings (SSSR count). The number of hydrogen-bond donors (Lipinski definition) is 1. The third kappa shape index (κ3) is 3.80. The predicted octanol–water partition coefficient (Wildman–Crippen LogP) is 0.834. The maximum atomic E-state index is 11.4. The second-order valence-corrected chi connectivity index (χ2v) is 7.11. The van der Waals surface area contributed by atoms with Crippen molar-refractivity contribution in [3.8, 4) is 0 Å². The molecule has 1 heterocycles. The van der Waals surface area contributed by atoms with Gasteiger partial charge in [0.25, 0.3) is 0 Å². The molecule has 1 amide bonds. The highest BCUT2D eigenvalue weighted by atomic mass is 32.2. The number of carbonyl (C=O) groups excluding carboxylic acids is 1. The number of rotatable bonds is 5. The van der Waals surface area contributed by atoms with Crippen molar-refractivity contribution in [3.63, 3.8) is 0 Å². The molecule has 0 radical (unpaired) electrons. The lowest BCUT2D eigenvalue weighted by atomic mass is 10.3. The maximum absolute atomic E-state index is 11.4. The predicted molar refractivity (Wildman–Crippen MR) is 83.9 cm³/mol. The number of benzene rings is 1. The van der Waals surface area contributed by atoms with Crippen molar-refractivity contribution in [1.82, 2.24) is 4.57 Å². The van der Waals surface area contributed by atoms with Gasteiger partial charge >= 0.3 is 0 Å². The highest BCUT2D eigenvalue weighted by molar-refractivity contribution is 7.89. The van der Waals surface area contributed by atoms with E-state index in [9.17, 15) is 13.2 Å². The Morgan fingerprint density at radius 1 is 1.45 bits per heavy atom. The molecule has 0 saturated heterocycles. The van der Waals surface area contributed by atoms with E-state index in [1.54, 1.807) is 6.07 Å². The van der Waals surface area contributed by atoms with Crippen LogP contribution in [0, 0.1) is 0 Å². The molecule has 2 aromatic rings. The van der Waals surface area contributed by atoms with Crippen LogP contribution in [0.5, 0.6) is 0 Å². The van der Waals surface area contributed by atoms with Crippen molar-refractivity contribution in [2.75, 3.05) is 13.2 Å². The van der Waals surface area contributed by atoms with Crippen LogP contribution in [0.15, 0.2) is 28.1 Å². The molecule has 0 fully saturated rings. The van der Waals surface area contributed by atoms with E-state index >= 15 is 0 Å². The standard InChI is InChI=1S/C13H17N3O4S2/c1-3-20-7-6-16-11-5-4-10(22(14,18)19)8-12(11)21-13(16)15-9(2)17/h4-5,8H,3,6-7H2,1-2H3,(H2,14,18,19). The lowest BCUT2D eigenvalue weighted by Gasteiger charge is -2.05. The van der Waals surface area contributed by atoms with Crippen LogP contribution in [-0.4, -0.2) is 32.1 Å². The van der Waals surface area contributed by atoms with Gasteiger partial charge in [-0.15, -0.1) is 0 Å². The molecule has 22 heavy (non-hydrogen) atoms. The molecule has 7 nitrogen and oxygen atoms in total. The Morgan fingerprint density at radius 3 is 2.77 bits per heavy atom. The minimum absolute atomic E-state index is 0.0348. The van der Waals surface area contributed by atoms with Crippen LogP contribution in [0.3, 0.4) is 0 Å². The van der Waals surface area contributed by atoms with Gasteiger partial charge in [0.15, 0.2) is 4.80 Å². The first-order valence-electron chi connectivity index (χ1n) is 6.62. The van der Waals surface area contributed by atoms with E-state index in [0.29, 0.717) is 29.3 Å². The third-order valence-corrected chi connectivity index (χ3v) is 4.85.